The zero-order valence-electron chi connectivity index (χ0n) is 13.1. The number of nitrogens with zero attached hydrogens (tertiary/aromatic N) is 5. The van der Waals surface area contributed by atoms with E-state index < -0.39 is 0 Å². The number of aromatic amines is 1. The second kappa shape index (κ2) is 6.25. The van der Waals surface area contributed by atoms with Crippen molar-refractivity contribution < 1.29 is 0 Å². The van der Waals surface area contributed by atoms with Gasteiger partial charge in [-0.25, -0.2) is 4.68 Å². The van der Waals surface area contributed by atoms with Gasteiger partial charge in [0.2, 0.25) is 0 Å². The lowest BCUT2D eigenvalue weighted by atomic mass is 10.1. The number of aromatic nitrogens is 5. The highest BCUT2D eigenvalue weighted by molar-refractivity contribution is 7.08. The summed E-state index contributed by atoms with van der Waals surface area (Å²) in [5.41, 5.74) is 4.38. The van der Waals surface area contributed by atoms with Crippen molar-refractivity contribution in [3.63, 3.8) is 0 Å². The van der Waals surface area contributed by atoms with E-state index in [2.05, 4.69) is 54.5 Å². The summed E-state index contributed by atoms with van der Waals surface area (Å²) in [4.78, 5) is 2.46. The fraction of sp³-hybridized carbons (Fsp3) is 0.438. The Hall–Kier alpha value is -1.99. The van der Waals surface area contributed by atoms with Crippen molar-refractivity contribution in [2.45, 2.75) is 32.4 Å². The second-order valence-corrected chi connectivity index (χ2v) is 6.93. The maximum atomic E-state index is 4.34. The Morgan fingerprint density at radius 1 is 1.35 bits per heavy atom. The zero-order chi connectivity index (χ0) is 15.6. The SMILES string of the molecule is Cc1cc(CN2CCC(n3cc(-c4ccsc4)nn3)CC2)n[nH]1. The van der Waals surface area contributed by atoms with Gasteiger partial charge in [-0.2, -0.15) is 16.4 Å². The molecule has 0 spiro atoms. The van der Waals surface area contributed by atoms with Gasteiger partial charge in [-0.3, -0.25) is 10.00 Å². The number of H-pyrrole nitrogens is 1. The molecule has 0 aliphatic carbocycles. The first kappa shape index (κ1) is 14.6. The summed E-state index contributed by atoms with van der Waals surface area (Å²) >= 11 is 1.69. The number of piperidine rings is 1. The van der Waals surface area contributed by atoms with E-state index in [9.17, 15) is 0 Å². The maximum absolute atomic E-state index is 4.34. The summed E-state index contributed by atoms with van der Waals surface area (Å²) in [6.45, 7) is 5.11. The van der Waals surface area contributed by atoms with Crippen LogP contribution in [0.25, 0.3) is 11.3 Å². The molecule has 4 heterocycles. The molecule has 0 amide bonds. The Balaban J connectivity index is 1.36. The topological polar surface area (TPSA) is 62.6 Å². The minimum Gasteiger partial charge on any atom is -0.297 e. The Morgan fingerprint density at radius 2 is 2.22 bits per heavy atom. The van der Waals surface area contributed by atoms with Gasteiger partial charge < -0.3 is 0 Å². The molecule has 3 aromatic rings. The van der Waals surface area contributed by atoms with Crippen molar-refractivity contribution >= 4 is 11.3 Å². The molecule has 0 atom stereocenters. The summed E-state index contributed by atoms with van der Waals surface area (Å²) in [7, 11) is 0. The predicted molar refractivity (Wildman–Crippen MR) is 90.2 cm³/mol. The zero-order valence-corrected chi connectivity index (χ0v) is 14.0. The Bertz CT molecular complexity index is 751. The van der Waals surface area contributed by atoms with Crippen LogP contribution in [0.2, 0.25) is 0 Å². The van der Waals surface area contributed by atoms with Crippen molar-refractivity contribution in [1.29, 1.82) is 0 Å². The Kier molecular flexibility index (Phi) is 3.97. The van der Waals surface area contributed by atoms with Crippen LogP contribution >= 0.6 is 11.3 Å². The molecule has 6 nitrogen and oxygen atoms in total. The molecule has 1 fully saturated rings. The van der Waals surface area contributed by atoms with E-state index in [1.54, 1.807) is 11.3 Å². The van der Waals surface area contributed by atoms with E-state index in [4.69, 9.17) is 0 Å². The van der Waals surface area contributed by atoms with E-state index in [-0.39, 0.29) is 0 Å². The number of nitrogens with one attached hydrogen (secondary N) is 1. The lowest BCUT2D eigenvalue weighted by Crippen LogP contribution is -2.34. The highest BCUT2D eigenvalue weighted by atomic mass is 32.1. The summed E-state index contributed by atoms with van der Waals surface area (Å²) in [5, 5.41) is 20.2. The van der Waals surface area contributed by atoms with E-state index in [1.165, 1.54) is 0 Å². The quantitative estimate of drug-likeness (QED) is 0.800. The molecule has 1 N–H and O–H groups in total. The van der Waals surface area contributed by atoms with E-state index in [1.807, 2.05) is 11.6 Å². The molecule has 0 unspecified atom stereocenters. The molecule has 23 heavy (non-hydrogen) atoms. The molecule has 0 aromatic carbocycles. The van der Waals surface area contributed by atoms with Gasteiger partial charge in [0.15, 0.2) is 0 Å². The van der Waals surface area contributed by atoms with Crippen molar-refractivity contribution in [2.24, 2.45) is 0 Å². The predicted octanol–water partition coefficient (Wildman–Crippen LogP) is 2.88. The summed E-state index contributed by atoms with van der Waals surface area (Å²) in [5.74, 6) is 0. The summed E-state index contributed by atoms with van der Waals surface area (Å²) in [6, 6.07) is 4.66. The van der Waals surface area contributed by atoms with Crippen LogP contribution in [0.15, 0.2) is 29.1 Å². The first-order valence-electron chi connectivity index (χ1n) is 7.95. The maximum Gasteiger partial charge on any atom is 0.113 e. The largest absolute Gasteiger partial charge is 0.297 e. The third kappa shape index (κ3) is 3.20. The van der Waals surface area contributed by atoms with E-state index in [0.29, 0.717) is 6.04 Å². The lowest BCUT2D eigenvalue weighted by Gasteiger charge is -2.31. The van der Waals surface area contributed by atoms with Gasteiger partial charge in [0.05, 0.1) is 17.9 Å². The summed E-state index contributed by atoms with van der Waals surface area (Å²) < 4.78 is 2.04. The van der Waals surface area contributed by atoms with Crippen LogP contribution in [-0.4, -0.2) is 43.2 Å². The number of hydrogen-bond acceptors (Lipinski definition) is 5. The molecule has 3 aromatic heterocycles. The van der Waals surface area contributed by atoms with Crippen LogP contribution in [-0.2, 0) is 6.54 Å². The first-order chi connectivity index (χ1) is 11.3. The molecule has 0 radical (unpaired) electrons. The number of rotatable bonds is 4. The number of aryl methyl sites for hydroxylation is 1. The Labute approximate surface area is 139 Å². The fourth-order valence-corrected chi connectivity index (χ4v) is 3.77. The number of hydrogen-bond donors (Lipinski definition) is 1. The van der Waals surface area contributed by atoms with Crippen molar-refractivity contribution in [3.8, 4) is 11.3 Å². The normalized spacial score (nSPS) is 16.9. The van der Waals surface area contributed by atoms with E-state index >= 15 is 0 Å². The van der Waals surface area contributed by atoms with Crippen molar-refractivity contribution in [2.75, 3.05) is 13.1 Å². The van der Waals surface area contributed by atoms with Gasteiger partial charge in [-0.05, 0) is 37.3 Å². The fourth-order valence-electron chi connectivity index (χ4n) is 3.12. The standard InChI is InChI=1S/C16H20N6S/c1-12-8-14(18-17-12)9-21-5-2-15(3-6-21)22-10-16(19-20-22)13-4-7-23-11-13/h4,7-8,10-11,15H,2-3,5-6,9H2,1H3,(H,17,18). The molecule has 7 heteroatoms. The van der Waals surface area contributed by atoms with Gasteiger partial charge in [0.25, 0.3) is 0 Å². The third-order valence-electron chi connectivity index (χ3n) is 4.40. The van der Waals surface area contributed by atoms with Crippen molar-refractivity contribution in [1.82, 2.24) is 30.1 Å². The van der Waals surface area contributed by atoms with Crippen molar-refractivity contribution in [3.05, 3.63) is 40.5 Å². The average Bonchev–Trinajstić information content (AvgIpc) is 3.28. The molecule has 1 saturated heterocycles. The van der Waals surface area contributed by atoms with Crippen LogP contribution in [0.4, 0.5) is 0 Å². The van der Waals surface area contributed by atoms with Gasteiger partial charge >= 0.3 is 0 Å². The van der Waals surface area contributed by atoms with Gasteiger partial charge in [-0.1, -0.05) is 5.21 Å². The molecule has 0 saturated carbocycles. The highest BCUT2D eigenvalue weighted by Gasteiger charge is 2.22. The van der Waals surface area contributed by atoms with Crippen LogP contribution in [0.3, 0.4) is 0 Å². The monoisotopic (exact) mass is 328 g/mol. The number of likely N-dealkylation sites (tertiary alicyclic amines) is 1. The Morgan fingerprint density at radius 3 is 2.91 bits per heavy atom. The molecule has 0 bridgehead atoms. The smallest absolute Gasteiger partial charge is 0.113 e. The summed E-state index contributed by atoms with van der Waals surface area (Å²) in [6.07, 6.45) is 4.30. The first-order valence-corrected chi connectivity index (χ1v) is 8.90. The molecular weight excluding hydrogens is 308 g/mol. The molecule has 4 rings (SSSR count). The van der Waals surface area contributed by atoms with Crippen LogP contribution in [0.1, 0.15) is 30.3 Å². The highest BCUT2D eigenvalue weighted by Crippen LogP contribution is 2.25. The van der Waals surface area contributed by atoms with Gasteiger partial charge in [0.1, 0.15) is 5.69 Å². The van der Waals surface area contributed by atoms with Crippen LogP contribution in [0, 0.1) is 6.92 Å². The minimum absolute atomic E-state index is 0.451. The van der Waals surface area contributed by atoms with Crippen LogP contribution in [0.5, 0.6) is 0 Å². The third-order valence-corrected chi connectivity index (χ3v) is 5.09. The van der Waals surface area contributed by atoms with Gasteiger partial charge in [0, 0.05) is 36.3 Å². The molecule has 1 aliphatic rings. The lowest BCUT2D eigenvalue weighted by molar-refractivity contribution is 0.170. The molecular formula is C16H20N6S. The average molecular weight is 328 g/mol. The molecule has 1 aliphatic heterocycles. The van der Waals surface area contributed by atoms with Gasteiger partial charge in [-0.15, -0.1) is 5.10 Å². The van der Waals surface area contributed by atoms with E-state index in [0.717, 1.165) is 55.1 Å². The second-order valence-electron chi connectivity index (χ2n) is 6.15. The number of thiophene rings is 1. The molecule has 120 valence electrons. The van der Waals surface area contributed by atoms with Crippen LogP contribution < -0.4 is 0 Å². The minimum atomic E-state index is 0.451.